The second kappa shape index (κ2) is 8.91. The van der Waals surface area contributed by atoms with Crippen molar-refractivity contribution in [2.75, 3.05) is 33.5 Å². The predicted octanol–water partition coefficient (Wildman–Crippen LogP) is 2.17. The van der Waals surface area contributed by atoms with Crippen LogP contribution in [0.2, 0.25) is 0 Å². The number of ether oxygens (including phenoxy) is 3. The minimum atomic E-state index is -0.476. The van der Waals surface area contributed by atoms with Crippen LogP contribution in [-0.2, 0) is 9.47 Å². The van der Waals surface area contributed by atoms with E-state index < -0.39 is 6.10 Å². The normalized spacial score (nSPS) is 12.4. The summed E-state index contributed by atoms with van der Waals surface area (Å²) in [6.45, 7) is 4.08. The zero-order valence-electron chi connectivity index (χ0n) is 11.1. The van der Waals surface area contributed by atoms with Gasteiger partial charge in [0.15, 0.2) is 0 Å². The minimum absolute atomic E-state index is 0.469. The summed E-state index contributed by atoms with van der Waals surface area (Å²) in [5.74, 6) is 0.724. The number of methoxy groups -OCH3 is 1. The highest BCUT2D eigenvalue weighted by atomic mass is 16.5. The van der Waals surface area contributed by atoms with Crippen molar-refractivity contribution in [1.82, 2.24) is 0 Å². The van der Waals surface area contributed by atoms with Gasteiger partial charge in [0.05, 0.1) is 25.9 Å². The van der Waals surface area contributed by atoms with Gasteiger partial charge in [-0.05, 0) is 12.5 Å². The lowest BCUT2D eigenvalue weighted by Crippen LogP contribution is -2.11. The SMILES string of the molecule is CC[C@@H](O)c1ccccc1OCCOCCOC. The summed E-state index contributed by atoms with van der Waals surface area (Å²) in [7, 11) is 1.64. The van der Waals surface area contributed by atoms with Crippen molar-refractivity contribution in [1.29, 1.82) is 0 Å². The third kappa shape index (κ3) is 5.04. The highest BCUT2D eigenvalue weighted by Crippen LogP contribution is 2.26. The number of aliphatic hydroxyl groups excluding tert-OH is 1. The van der Waals surface area contributed by atoms with Gasteiger partial charge in [-0.15, -0.1) is 0 Å². The summed E-state index contributed by atoms with van der Waals surface area (Å²) < 4.78 is 15.8. The Hall–Kier alpha value is -1.10. The first-order valence-electron chi connectivity index (χ1n) is 6.26. The summed E-state index contributed by atoms with van der Waals surface area (Å²) >= 11 is 0. The van der Waals surface area contributed by atoms with Gasteiger partial charge < -0.3 is 19.3 Å². The molecule has 0 unspecified atom stereocenters. The van der Waals surface area contributed by atoms with E-state index in [9.17, 15) is 5.11 Å². The third-order valence-corrected chi connectivity index (χ3v) is 2.58. The molecule has 0 fully saturated rings. The topological polar surface area (TPSA) is 47.9 Å². The van der Waals surface area contributed by atoms with Gasteiger partial charge in [0.25, 0.3) is 0 Å². The van der Waals surface area contributed by atoms with Gasteiger partial charge in [0.1, 0.15) is 12.4 Å². The maximum absolute atomic E-state index is 9.85. The van der Waals surface area contributed by atoms with Gasteiger partial charge in [-0.3, -0.25) is 0 Å². The van der Waals surface area contributed by atoms with Crippen LogP contribution in [0.1, 0.15) is 25.0 Å². The molecule has 1 N–H and O–H groups in total. The van der Waals surface area contributed by atoms with E-state index in [0.717, 1.165) is 11.3 Å². The van der Waals surface area contributed by atoms with Crippen molar-refractivity contribution in [2.24, 2.45) is 0 Å². The van der Waals surface area contributed by atoms with E-state index in [0.29, 0.717) is 32.8 Å². The third-order valence-electron chi connectivity index (χ3n) is 2.58. The Kier molecular flexibility index (Phi) is 7.41. The molecular formula is C14H22O4. The Balaban J connectivity index is 2.37. The molecule has 0 aliphatic rings. The van der Waals surface area contributed by atoms with Crippen LogP contribution in [0.5, 0.6) is 5.75 Å². The van der Waals surface area contributed by atoms with Crippen LogP contribution < -0.4 is 4.74 Å². The van der Waals surface area contributed by atoms with Gasteiger partial charge in [0.2, 0.25) is 0 Å². The minimum Gasteiger partial charge on any atom is -0.491 e. The molecule has 0 radical (unpaired) electrons. The molecule has 1 atom stereocenters. The lowest BCUT2D eigenvalue weighted by molar-refractivity contribution is 0.0536. The number of para-hydroxylation sites is 1. The van der Waals surface area contributed by atoms with Gasteiger partial charge in [-0.1, -0.05) is 25.1 Å². The number of aliphatic hydroxyl groups is 1. The Bertz CT molecular complexity index is 327. The lowest BCUT2D eigenvalue weighted by atomic mass is 10.1. The molecule has 0 spiro atoms. The average Bonchev–Trinajstić information content (AvgIpc) is 2.42. The zero-order chi connectivity index (χ0) is 13.2. The fourth-order valence-electron chi connectivity index (χ4n) is 1.56. The van der Waals surface area contributed by atoms with E-state index in [4.69, 9.17) is 14.2 Å². The van der Waals surface area contributed by atoms with Crippen molar-refractivity contribution in [3.63, 3.8) is 0 Å². The van der Waals surface area contributed by atoms with Crippen LogP contribution in [0.3, 0.4) is 0 Å². The fraction of sp³-hybridized carbons (Fsp3) is 0.571. The zero-order valence-corrected chi connectivity index (χ0v) is 11.1. The molecule has 0 bridgehead atoms. The molecule has 18 heavy (non-hydrogen) atoms. The number of hydrogen-bond acceptors (Lipinski definition) is 4. The molecule has 0 saturated carbocycles. The molecule has 102 valence electrons. The molecule has 0 aliphatic heterocycles. The summed E-state index contributed by atoms with van der Waals surface area (Å²) in [6.07, 6.45) is 0.195. The monoisotopic (exact) mass is 254 g/mol. The molecular weight excluding hydrogens is 232 g/mol. The Labute approximate surface area is 108 Å². The Morgan fingerprint density at radius 3 is 2.56 bits per heavy atom. The predicted molar refractivity (Wildman–Crippen MR) is 69.9 cm³/mol. The molecule has 0 heterocycles. The van der Waals surface area contributed by atoms with Crippen LogP contribution >= 0.6 is 0 Å². The number of rotatable bonds is 9. The first-order valence-corrected chi connectivity index (χ1v) is 6.26. The van der Waals surface area contributed by atoms with E-state index in [1.807, 2.05) is 31.2 Å². The largest absolute Gasteiger partial charge is 0.491 e. The van der Waals surface area contributed by atoms with E-state index in [1.165, 1.54) is 0 Å². The molecule has 1 aromatic rings. The molecule has 0 aliphatic carbocycles. The van der Waals surface area contributed by atoms with Crippen LogP contribution in [0.4, 0.5) is 0 Å². The van der Waals surface area contributed by atoms with E-state index in [-0.39, 0.29) is 0 Å². The molecule has 1 aromatic carbocycles. The van der Waals surface area contributed by atoms with Gasteiger partial charge in [0, 0.05) is 12.7 Å². The van der Waals surface area contributed by atoms with E-state index in [2.05, 4.69) is 0 Å². The summed E-state index contributed by atoms with van der Waals surface area (Å²) in [6, 6.07) is 7.54. The Morgan fingerprint density at radius 2 is 1.83 bits per heavy atom. The summed E-state index contributed by atoms with van der Waals surface area (Å²) in [5.41, 5.74) is 0.830. The molecule has 0 aromatic heterocycles. The van der Waals surface area contributed by atoms with Crippen molar-refractivity contribution >= 4 is 0 Å². The maximum atomic E-state index is 9.85. The van der Waals surface area contributed by atoms with Gasteiger partial charge in [-0.2, -0.15) is 0 Å². The smallest absolute Gasteiger partial charge is 0.125 e. The molecule has 4 nitrogen and oxygen atoms in total. The van der Waals surface area contributed by atoms with E-state index in [1.54, 1.807) is 7.11 Å². The highest BCUT2D eigenvalue weighted by Gasteiger charge is 2.10. The molecule has 0 amide bonds. The lowest BCUT2D eigenvalue weighted by Gasteiger charge is -2.14. The molecule has 0 saturated heterocycles. The molecule has 1 rings (SSSR count). The number of hydrogen-bond donors (Lipinski definition) is 1. The first-order chi connectivity index (χ1) is 8.79. The van der Waals surface area contributed by atoms with Crippen molar-refractivity contribution in [3.05, 3.63) is 29.8 Å². The maximum Gasteiger partial charge on any atom is 0.125 e. The van der Waals surface area contributed by atoms with E-state index >= 15 is 0 Å². The van der Waals surface area contributed by atoms with Crippen molar-refractivity contribution in [3.8, 4) is 5.75 Å². The van der Waals surface area contributed by atoms with Crippen LogP contribution in [0.25, 0.3) is 0 Å². The van der Waals surface area contributed by atoms with Crippen molar-refractivity contribution < 1.29 is 19.3 Å². The second-order valence-corrected chi connectivity index (χ2v) is 3.92. The fourth-order valence-corrected chi connectivity index (χ4v) is 1.56. The average molecular weight is 254 g/mol. The van der Waals surface area contributed by atoms with Crippen molar-refractivity contribution in [2.45, 2.75) is 19.4 Å². The quantitative estimate of drug-likeness (QED) is 0.686. The number of benzene rings is 1. The Morgan fingerprint density at radius 1 is 1.11 bits per heavy atom. The van der Waals surface area contributed by atoms with Crippen LogP contribution in [0.15, 0.2) is 24.3 Å². The molecule has 4 heteroatoms. The summed E-state index contributed by atoms with van der Waals surface area (Å²) in [5, 5.41) is 9.85. The highest BCUT2D eigenvalue weighted by molar-refractivity contribution is 5.34. The summed E-state index contributed by atoms with van der Waals surface area (Å²) in [4.78, 5) is 0. The standard InChI is InChI=1S/C14H22O4/c1-3-13(15)12-6-4-5-7-14(12)18-11-10-17-9-8-16-2/h4-7,13,15H,3,8-11H2,1-2H3/t13-/m1/s1. The first kappa shape index (κ1) is 15.0. The van der Waals surface area contributed by atoms with Crippen LogP contribution in [0, 0.1) is 0 Å². The second-order valence-electron chi connectivity index (χ2n) is 3.92. The van der Waals surface area contributed by atoms with Gasteiger partial charge >= 0.3 is 0 Å². The van der Waals surface area contributed by atoms with Gasteiger partial charge in [-0.25, -0.2) is 0 Å². The van der Waals surface area contributed by atoms with Crippen LogP contribution in [-0.4, -0.2) is 38.6 Å².